The molecule has 0 fully saturated rings. The Morgan fingerprint density at radius 2 is 0.792 bits per heavy atom. The molecule has 9 nitrogen and oxygen atoms in total. The van der Waals surface area contributed by atoms with Crippen LogP contribution in [-0.4, -0.2) is 74.3 Å². The van der Waals surface area contributed by atoms with Gasteiger partial charge in [-0.05, 0) is 109 Å². The number of phosphoric acid groups is 1. The second kappa shape index (κ2) is 56.5. The van der Waals surface area contributed by atoms with E-state index in [0.29, 0.717) is 17.4 Å². The number of likely N-dealkylation sites (N-methyl/N-ethyl adjacent to an activating group) is 1. The first-order valence-electron chi connectivity index (χ1n) is 31.9. The van der Waals surface area contributed by atoms with Gasteiger partial charge in [-0.25, -0.2) is 4.57 Å². The number of hydrogen-bond acceptors (Lipinski definition) is 6. The van der Waals surface area contributed by atoms with Gasteiger partial charge in [-0.1, -0.05) is 241 Å². The summed E-state index contributed by atoms with van der Waals surface area (Å²) in [4.78, 5) is 37.8. The average Bonchev–Trinajstić information content (AvgIpc) is 3.39. The van der Waals surface area contributed by atoms with E-state index >= 15 is 0 Å². The third kappa shape index (κ3) is 57.7. The highest BCUT2D eigenvalue weighted by Gasteiger charge is 2.30. The van der Waals surface area contributed by atoms with Crippen LogP contribution in [0.5, 0.6) is 0 Å². The molecule has 3 atom stereocenters. The van der Waals surface area contributed by atoms with Crippen molar-refractivity contribution >= 4 is 19.7 Å². The SMILES string of the molecule is CCCCC/C=C\C/C=C\C/C=C\CCCCCCCCC(=O)NC(COP(=O)(O)OCC[N+](C)(C)C)C(/C=C/CCCCCCCCCCCCC)OC(=O)CCCCCCCC/C=C\C/C=C\C/C=C\CCCCC. The molecule has 0 bridgehead atoms. The molecule has 1 amide bonds. The Hall–Kier alpha value is -2.81. The summed E-state index contributed by atoms with van der Waals surface area (Å²) >= 11 is 0. The average molecular weight is 1100 g/mol. The standard InChI is InChI=1S/C67H121N2O7P/c1-7-10-13-16-19-22-25-28-30-32-34-36-38-41-44-47-50-53-56-59-66(70)68-64(63-75-77(72,73)74-62-61-69(4,5)6)65(58-55-52-49-46-43-40-27-24-21-18-15-12-9-3)76-67(71)60-57-54-51-48-45-42-39-37-35-33-31-29-26-23-20-17-14-11-8-2/h19-20,22-23,28-31,34-37,55,58,64-65H,7-18,21,24-27,32-33,38-54,56-57,59-63H2,1-6H3,(H-,68,70,72,73)/p+1/b22-19-,23-20-,30-28-,31-29-,36-34-,37-35-,58-55+. The molecule has 0 aromatic carbocycles. The normalized spacial score (nSPS) is 14.2. The summed E-state index contributed by atoms with van der Waals surface area (Å²) in [6.45, 7) is 6.95. The molecule has 0 rings (SSSR count). The molecule has 0 aromatic rings. The second-order valence-corrected chi connectivity index (χ2v) is 24.0. The molecule has 0 spiro atoms. The molecule has 0 saturated heterocycles. The number of allylic oxidation sites excluding steroid dienone is 13. The molecule has 0 saturated carbocycles. The van der Waals surface area contributed by atoms with Crippen LogP contribution in [0.1, 0.15) is 278 Å². The monoisotopic (exact) mass is 1100 g/mol. The van der Waals surface area contributed by atoms with Crippen molar-refractivity contribution in [3.63, 3.8) is 0 Å². The summed E-state index contributed by atoms with van der Waals surface area (Å²) in [6.07, 6.45) is 74.2. The molecule has 0 aromatic heterocycles. The van der Waals surface area contributed by atoms with Crippen molar-refractivity contribution in [1.29, 1.82) is 0 Å². The predicted molar refractivity (Wildman–Crippen MR) is 332 cm³/mol. The fraction of sp³-hybridized carbons (Fsp3) is 0.761. The van der Waals surface area contributed by atoms with Crippen LogP contribution in [0, 0.1) is 0 Å². The highest BCUT2D eigenvalue weighted by molar-refractivity contribution is 7.47. The number of esters is 1. The third-order valence-electron chi connectivity index (χ3n) is 13.8. The van der Waals surface area contributed by atoms with Crippen LogP contribution in [-0.2, 0) is 27.9 Å². The Balaban J connectivity index is 5.32. The summed E-state index contributed by atoms with van der Waals surface area (Å²) in [5.74, 6) is -0.533. The fourth-order valence-electron chi connectivity index (χ4n) is 8.84. The van der Waals surface area contributed by atoms with Crippen molar-refractivity contribution in [2.45, 2.75) is 290 Å². The second-order valence-electron chi connectivity index (χ2n) is 22.6. The summed E-state index contributed by atoms with van der Waals surface area (Å²) in [6, 6.07) is -0.865. The number of rotatable bonds is 57. The van der Waals surface area contributed by atoms with E-state index in [1.807, 2.05) is 33.3 Å². The number of carbonyl (C=O) groups excluding carboxylic acids is 2. The molecule has 0 heterocycles. The summed E-state index contributed by atoms with van der Waals surface area (Å²) < 4.78 is 30.7. The first-order valence-corrected chi connectivity index (χ1v) is 33.4. The Morgan fingerprint density at radius 1 is 0.455 bits per heavy atom. The van der Waals surface area contributed by atoms with Crippen molar-refractivity contribution in [3.05, 3.63) is 85.1 Å². The van der Waals surface area contributed by atoms with Crippen LogP contribution >= 0.6 is 7.82 Å². The lowest BCUT2D eigenvalue weighted by atomic mass is 10.0. The van der Waals surface area contributed by atoms with E-state index in [2.05, 4.69) is 99.0 Å². The van der Waals surface area contributed by atoms with Gasteiger partial charge in [-0.3, -0.25) is 18.6 Å². The minimum atomic E-state index is -4.46. The van der Waals surface area contributed by atoms with Crippen molar-refractivity contribution < 1.29 is 37.3 Å². The number of nitrogens with zero attached hydrogens (tertiary/aromatic N) is 1. The van der Waals surface area contributed by atoms with Gasteiger partial charge in [0.15, 0.2) is 0 Å². The lowest BCUT2D eigenvalue weighted by Crippen LogP contribution is -2.47. The van der Waals surface area contributed by atoms with E-state index in [1.165, 1.54) is 128 Å². The number of unbranched alkanes of at least 4 members (excludes halogenated alkanes) is 29. The lowest BCUT2D eigenvalue weighted by Gasteiger charge is -2.27. The van der Waals surface area contributed by atoms with Crippen molar-refractivity contribution in [2.75, 3.05) is 40.9 Å². The van der Waals surface area contributed by atoms with Gasteiger partial charge in [0.2, 0.25) is 5.91 Å². The van der Waals surface area contributed by atoms with Crippen molar-refractivity contribution in [3.8, 4) is 0 Å². The molecule has 0 aliphatic rings. The summed E-state index contributed by atoms with van der Waals surface area (Å²) in [5, 5.41) is 3.05. The van der Waals surface area contributed by atoms with E-state index in [9.17, 15) is 19.0 Å². The number of ether oxygens (including phenoxy) is 1. The predicted octanol–water partition coefficient (Wildman–Crippen LogP) is 19.8. The number of hydrogen-bond donors (Lipinski definition) is 2. The Kier molecular flexibility index (Phi) is 54.4. The minimum Gasteiger partial charge on any atom is -0.456 e. The van der Waals surface area contributed by atoms with Crippen LogP contribution < -0.4 is 5.32 Å². The quantitative estimate of drug-likeness (QED) is 0.0205. The molecule has 446 valence electrons. The Labute approximate surface area is 476 Å². The maximum Gasteiger partial charge on any atom is 0.472 e. The van der Waals surface area contributed by atoms with Gasteiger partial charge in [0.05, 0.1) is 33.8 Å². The molecule has 77 heavy (non-hydrogen) atoms. The van der Waals surface area contributed by atoms with Crippen LogP contribution in [0.25, 0.3) is 0 Å². The largest absolute Gasteiger partial charge is 0.472 e. The van der Waals surface area contributed by atoms with Gasteiger partial charge in [0, 0.05) is 12.8 Å². The molecule has 2 N–H and O–H groups in total. The zero-order valence-corrected chi connectivity index (χ0v) is 51.8. The zero-order valence-electron chi connectivity index (χ0n) is 50.9. The fourth-order valence-corrected chi connectivity index (χ4v) is 9.57. The molecule has 10 heteroatoms. The highest BCUT2D eigenvalue weighted by Crippen LogP contribution is 2.43. The maximum absolute atomic E-state index is 13.6. The van der Waals surface area contributed by atoms with Crippen LogP contribution in [0.3, 0.4) is 0 Å². The van der Waals surface area contributed by atoms with Crippen molar-refractivity contribution in [2.24, 2.45) is 0 Å². The van der Waals surface area contributed by atoms with Crippen LogP contribution in [0.4, 0.5) is 0 Å². The van der Waals surface area contributed by atoms with Crippen LogP contribution in [0.2, 0.25) is 0 Å². The lowest BCUT2D eigenvalue weighted by molar-refractivity contribution is -0.870. The van der Waals surface area contributed by atoms with E-state index in [0.717, 1.165) is 116 Å². The first-order chi connectivity index (χ1) is 37.4. The van der Waals surface area contributed by atoms with Gasteiger partial charge in [-0.15, -0.1) is 0 Å². The van der Waals surface area contributed by atoms with E-state index in [1.54, 1.807) is 0 Å². The summed E-state index contributed by atoms with van der Waals surface area (Å²) in [5.41, 5.74) is 0. The third-order valence-corrected chi connectivity index (χ3v) is 14.8. The molecular formula is C67H122N2O7P+. The maximum atomic E-state index is 13.6. The number of carbonyl (C=O) groups is 2. The molecular weight excluding hydrogens is 976 g/mol. The number of nitrogens with one attached hydrogen (secondary N) is 1. The van der Waals surface area contributed by atoms with Gasteiger partial charge < -0.3 is 19.4 Å². The van der Waals surface area contributed by atoms with Crippen molar-refractivity contribution in [1.82, 2.24) is 5.32 Å². The zero-order chi connectivity index (χ0) is 56.4. The Bertz CT molecular complexity index is 1590. The van der Waals surface area contributed by atoms with E-state index in [-0.39, 0.29) is 31.5 Å². The molecule has 3 unspecified atom stereocenters. The smallest absolute Gasteiger partial charge is 0.456 e. The van der Waals surface area contributed by atoms with E-state index in [4.69, 9.17) is 13.8 Å². The molecule has 0 aliphatic carbocycles. The number of quaternary nitrogens is 1. The van der Waals surface area contributed by atoms with Gasteiger partial charge in [0.25, 0.3) is 0 Å². The molecule has 0 radical (unpaired) electrons. The van der Waals surface area contributed by atoms with E-state index < -0.39 is 20.0 Å². The summed E-state index contributed by atoms with van der Waals surface area (Å²) in [7, 11) is 1.47. The number of amides is 1. The van der Waals surface area contributed by atoms with Crippen LogP contribution in [0.15, 0.2) is 85.1 Å². The highest BCUT2D eigenvalue weighted by atomic mass is 31.2. The topological polar surface area (TPSA) is 111 Å². The number of phosphoric ester groups is 1. The minimum absolute atomic E-state index is 0.0318. The Morgan fingerprint density at radius 3 is 1.21 bits per heavy atom. The van der Waals surface area contributed by atoms with Gasteiger partial charge >= 0.3 is 13.8 Å². The molecule has 0 aliphatic heterocycles. The van der Waals surface area contributed by atoms with Gasteiger partial charge in [0.1, 0.15) is 19.3 Å². The van der Waals surface area contributed by atoms with Gasteiger partial charge in [-0.2, -0.15) is 0 Å². The first kappa shape index (κ1) is 74.2.